The van der Waals surface area contributed by atoms with E-state index in [1.165, 1.54) is 47.4 Å². The quantitative estimate of drug-likeness (QED) is 0.0141. The standard InChI is InChI=1S/C58H76N6O7S/c1-57(2)46-26-11-13-28-48(46)63(50(57)30-8-5-9-31-51-58(3,4)47-27-12-14-29-49(47)64(51)39-20-21-41-72(68,69)70)38-19-6-10-32-52(65)59-33-15-16-34-60-53-54(56(67)55(53)66)61-35-23-40-71-45-25-22-24-44(42-45)43-62-36-17-7-18-37-62/h5,8-9,11-14,22,24-31,42H,6-7,10,15-21,23,32-41,43H2,1-4H3,(H3-,59,60,61,65,66,67,68,69,70)/p+1. The van der Waals surface area contributed by atoms with Crippen LogP contribution >= 0.6 is 0 Å². The first-order valence-corrected chi connectivity index (χ1v) is 27.9. The van der Waals surface area contributed by atoms with Gasteiger partial charge in [-0.1, -0.05) is 87.0 Å². The van der Waals surface area contributed by atoms with Crippen molar-refractivity contribution < 1.29 is 27.1 Å². The Labute approximate surface area is 427 Å². The van der Waals surface area contributed by atoms with E-state index in [4.69, 9.17) is 4.74 Å². The van der Waals surface area contributed by atoms with E-state index in [1.54, 1.807) is 0 Å². The van der Waals surface area contributed by atoms with E-state index in [0.29, 0.717) is 69.8 Å². The first-order chi connectivity index (χ1) is 34.6. The molecule has 1 amide bonds. The Kier molecular flexibility index (Phi) is 18.9. The van der Waals surface area contributed by atoms with Crippen LogP contribution in [0.5, 0.6) is 5.75 Å². The summed E-state index contributed by atoms with van der Waals surface area (Å²) in [6.45, 7) is 15.8. The Morgan fingerprint density at radius 3 is 2.22 bits per heavy atom. The van der Waals surface area contributed by atoms with Crippen molar-refractivity contribution in [1.29, 1.82) is 0 Å². The molecule has 4 aromatic carbocycles. The summed E-state index contributed by atoms with van der Waals surface area (Å²) in [5.41, 5.74) is 7.75. The molecule has 1 saturated heterocycles. The highest BCUT2D eigenvalue weighted by Gasteiger charge is 2.44. The number of carbonyl (C=O) groups excluding carboxylic acids is 1. The molecular weight excluding hydrogens is 925 g/mol. The maximum Gasteiger partial charge on any atom is 0.264 e. The lowest BCUT2D eigenvalue weighted by molar-refractivity contribution is -0.438. The summed E-state index contributed by atoms with van der Waals surface area (Å²) in [4.78, 5) is 42.2. The minimum Gasteiger partial charge on any atom is -0.494 e. The molecule has 3 heterocycles. The van der Waals surface area contributed by atoms with Gasteiger partial charge in [-0.25, -0.2) is 0 Å². The number of piperidine rings is 1. The Morgan fingerprint density at radius 1 is 0.750 bits per heavy atom. The number of nitrogens with one attached hydrogen (secondary N) is 3. The third-order valence-corrected chi connectivity index (χ3v) is 15.2. The van der Waals surface area contributed by atoms with Crippen LogP contribution in [-0.2, 0) is 32.3 Å². The van der Waals surface area contributed by atoms with Crippen LogP contribution in [0.15, 0.2) is 118 Å². The van der Waals surface area contributed by atoms with Crippen LogP contribution in [0.2, 0.25) is 0 Å². The molecule has 0 bridgehead atoms. The summed E-state index contributed by atoms with van der Waals surface area (Å²) < 4.78 is 40.4. The van der Waals surface area contributed by atoms with Gasteiger partial charge in [0, 0.05) is 80.1 Å². The molecule has 1 fully saturated rings. The van der Waals surface area contributed by atoms with Gasteiger partial charge in [-0.05, 0) is 120 Å². The van der Waals surface area contributed by atoms with E-state index in [-0.39, 0.29) is 22.5 Å². The fourth-order valence-electron chi connectivity index (χ4n) is 10.5. The highest BCUT2D eigenvalue weighted by atomic mass is 32.2. The second-order valence-electron chi connectivity index (χ2n) is 20.6. The predicted molar refractivity (Wildman–Crippen MR) is 293 cm³/mol. The number of allylic oxidation sites excluding steroid dienone is 6. The van der Waals surface area contributed by atoms with E-state index in [2.05, 4.69) is 143 Å². The highest BCUT2D eigenvalue weighted by Crippen LogP contribution is 2.47. The summed E-state index contributed by atoms with van der Waals surface area (Å²) >= 11 is 0. The number of para-hydroxylation sites is 2. The fraction of sp³-hybridized carbons (Fsp3) is 0.483. The number of rotatable bonds is 28. The molecule has 14 heteroatoms. The first-order valence-electron chi connectivity index (χ1n) is 26.3. The summed E-state index contributed by atoms with van der Waals surface area (Å²) in [7, 11) is -3.99. The maximum absolute atomic E-state index is 12.8. The SMILES string of the molecule is CC1(C)C(/C=C/C=C/C=C2/N(CCCCS(=O)(=O)O)c3ccccc3C2(C)C)=[N+](CCCCCC(=O)NCCCCNc2c(NCCCOc3cccc(CN4CCCCC4)c3)c(=O)c2=O)c2ccccc21. The minimum atomic E-state index is -3.99. The monoisotopic (exact) mass is 1000 g/mol. The molecule has 0 radical (unpaired) electrons. The Balaban J connectivity index is 0.808. The van der Waals surface area contributed by atoms with E-state index < -0.39 is 21.0 Å². The van der Waals surface area contributed by atoms with Gasteiger partial charge in [-0.3, -0.25) is 23.8 Å². The molecule has 0 aromatic heterocycles. The average molecular weight is 1000 g/mol. The van der Waals surface area contributed by atoms with Crippen molar-refractivity contribution in [3.63, 3.8) is 0 Å². The lowest BCUT2D eigenvalue weighted by Gasteiger charge is -2.27. The molecule has 3 aliphatic heterocycles. The van der Waals surface area contributed by atoms with Crippen molar-refractivity contribution in [2.75, 3.05) is 73.7 Å². The first kappa shape index (κ1) is 54.0. The molecule has 7 rings (SSSR count). The van der Waals surface area contributed by atoms with Crippen LogP contribution in [0.25, 0.3) is 0 Å². The molecule has 13 nitrogen and oxygen atoms in total. The number of ether oxygens (including phenoxy) is 1. The Hall–Kier alpha value is -5.83. The number of hydrogen-bond acceptors (Lipinski definition) is 10. The fourth-order valence-corrected chi connectivity index (χ4v) is 11.1. The van der Waals surface area contributed by atoms with Gasteiger partial charge in [0.05, 0.1) is 17.8 Å². The highest BCUT2D eigenvalue weighted by molar-refractivity contribution is 7.85. The zero-order valence-corrected chi connectivity index (χ0v) is 43.8. The number of likely N-dealkylation sites (tertiary alicyclic amines) is 1. The Morgan fingerprint density at radius 2 is 1.46 bits per heavy atom. The topological polar surface area (TPSA) is 160 Å². The zero-order chi connectivity index (χ0) is 51.1. The normalized spacial score (nSPS) is 17.1. The van der Waals surface area contributed by atoms with Crippen molar-refractivity contribution in [3.05, 3.63) is 146 Å². The molecule has 0 aliphatic carbocycles. The van der Waals surface area contributed by atoms with Crippen molar-refractivity contribution in [2.45, 2.75) is 122 Å². The van der Waals surface area contributed by atoms with Crippen LogP contribution in [0.4, 0.5) is 22.7 Å². The number of amides is 1. The second-order valence-corrected chi connectivity index (χ2v) is 22.1. The van der Waals surface area contributed by atoms with Crippen molar-refractivity contribution in [3.8, 4) is 5.75 Å². The number of nitrogens with zero attached hydrogens (tertiary/aromatic N) is 3. The number of anilines is 3. The van der Waals surface area contributed by atoms with Crippen LogP contribution in [0, 0.1) is 0 Å². The van der Waals surface area contributed by atoms with Gasteiger partial charge in [0.25, 0.3) is 21.0 Å². The molecule has 386 valence electrons. The third-order valence-electron chi connectivity index (χ3n) is 14.4. The summed E-state index contributed by atoms with van der Waals surface area (Å²) in [5.74, 6) is 0.648. The average Bonchev–Trinajstić information content (AvgIpc) is 3.71. The van der Waals surface area contributed by atoms with E-state index in [0.717, 1.165) is 75.4 Å². The van der Waals surface area contributed by atoms with Gasteiger partial charge in [0.15, 0.2) is 5.71 Å². The van der Waals surface area contributed by atoms with Crippen LogP contribution < -0.4 is 36.4 Å². The largest absolute Gasteiger partial charge is 0.494 e. The predicted octanol–water partition coefficient (Wildman–Crippen LogP) is 9.56. The minimum absolute atomic E-state index is 0.0424. The maximum atomic E-state index is 12.8. The van der Waals surface area contributed by atoms with E-state index in [9.17, 15) is 27.4 Å². The number of carbonyl (C=O) groups is 1. The molecule has 0 atom stereocenters. The second kappa shape index (κ2) is 25.2. The van der Waals surface area contributed by atoms with E-state index in [1.807, 2.05) is 18.2 Å². The lowest BCUT2D eigenvalue weighted by Crippen LogP contribution is -2.38. The molecule has 0 unspecified atom stereocenters. The van der Waals surface area contributed by atoms with Crippen LogP contribution in [0.3, 0.4) is 0 Å². The van der Waals surface area contributed by atoms with Crippen molar-refractivity contribution in [1.82, 2.24) is 10.2 Å². The summed E-state index contributed by atoms with van der Waals surface area (Å²) in [6, 6.07) is 25.2. The smallest absolute Gasteiger partial charge is 0.264 e. The number of fused-ring (bicyclic) bond motifs is 2. The third kappa shape index (κ3) is 14.0. The van der Waals surface area contributed by atoms with Gasteiger partial charge in [0.1, 0.15) is 23.7 Å². The van der Waals surface area contributed by atoms with Crippen LogP contribution in [0.1, 0.15) is 121 Å². The molecular formula is C58H77N6O7S+. The molecule has 4 N–H and O–H groups in total. The molecule has 0 spiro atoms. The zero-order valence-electron chi connectivity index (χ0n) is 43.0. The number of benzene rings is 3. The molecule has 72 heavy (non-hydrogen) atoms. The number of hydrogen-bond donors (Lipinski definition) is 4. The van der Waals surface area contributed by atoms with Crippen molar-refractivity contribution in [2.24, 2.45) is 0 Å². The van der Waals surface area contributed by atoms with Crippen LogP contribution in [-0.4, -0.2) is 92.2 Å². The van der Waals surface area contributed by atoms with Gasteiger partial charge in [-0.15, -0.1) is 0 Å². The Bertz CT molecular complexity index is 2800. The van der Waals surface area contributed by atoms with Gasteiger partial charge >= 0.3 is 0 Å². The van der Waals surface area contributed by atoms with Gasteiger partial charge in [0.2, 0.25) is 11.6 Å². The lowest BCUT2D eigenvalue weighted by atomic mass is 9.81. The van der Waals surface area contributed by atoms with Gasteiger partial charge in [-0.2, -0.15) is 13.0 Å². The van der Waals surface area contributed by atoms with Crippen molar-refractivity contribution >= 4 is 44.5 Å². The number of unbranched alkanes of at least 4 members (excludes halogenated alkanes) is 4. The molecule has 4 aromatic rings. The van der Waals surface area contributed by atoms with E-state index >= 15 is 0 Å². The summed E-state index contributed by atoms with van der Waals surface area (Å²) in [6.07, 6.45) is 20.8. The molecule has 0 saturated carbocycles. The van der Waals surface area contributed by atoms with Gasteiger partial charge < -0.3 is 25.6 Å². The molecule has 3 aliphatic rings. The summed E-state index contributed by atoms with van der Waals surface area (Å²) in [5, 5.41) is 9.32.